The number of benzene rings is 1. The molecule has 18 heavy (non-hydrogen) atoms. The summed E-state index contributed by atoms with van der Waals surface area (Å²) in [5.74, 6) is 1.33. The van der Waals surface area contributed by atoms with Crippen molar-refractivity contribution in [1.29, 1.82) is 0 Å². The summed E-state index contributed by atoms with van der Waals surface area (Å²) < 4.78 is 5.73. The zero-order chi connectivity index (χ0) is 13.0. The van der Waals surface area contributed by atoms with Gasteiger partial charge in [-0.15, -0.1) is 0 Å². The van der Waals surface area contributed by atoms with Crippen LogP contribution < -0.4 is 15.8 Å². The van der Waals surface area contributed by atoms with Gasteiger partial charge < -0.3 is 15.8 Å². The molecule has 1 aromatic carbocycles. The van der Waals surface area contributed by atoms with Gasteiger partial charge in [0, 0.05) is 0 Å². The van der Waals surface area contributed by atoms with Gasteiger partial charge in [0.15, 0.2) is 0 Å². The molecule has 0 aliphatic rings. The first-order valence-electron chi connectivity index (χ1n) is 5.89. The maximum atomic E-state index is 5.73. The molecule has 2 aromatic rings. The van der Waals surface area contributed by atoms with Crippen molar-refractivity contribution in [3.05, 3.63) is 42.6 Å². The highest BCUT2D eigenvalue weighted by molar-refractivity contribution is 5.66. The largest absolute Gasteiger partial charge is 0.489 e. The molecule has 0 radical (unpaired) electrons. The molecule has 4 heteroatoms. The van der Waals surface area contributed by atoms with Crippen LogP contribution in [0, 0.1) is 0 Å². The maximum absolute atomic E-state index is 5.73. The Kier molecular flexibility index (Phi) is 3.67. The van der Waals surface area contributed by atoms with Crippen molar-refractivity contribution in [2.75, 3.05) is 11.1 Å². The molecular formula is C14H17N3O. The van der Waals surface area contributed by atoms with Crippen molar-refractivity contribution in [3.8, 4) is 5.75 Å². The number of hydrogen-bond donors (Lipinski definition) is 2. The van der Waals surface area contributed by atoms with E-state index in [0.29, 0.717) is 5.82 Å². The van der Waals surface area contributed by atoms with Crippen molar-refractivity contribution in [2.24, 2.45) is 0 Å². The molecule has 0 atom stereocenters. The van der Waals surface area contributed by atoms with Gasteiger partial charge in [-0.3, -0.25) is 0 Å². The van der Waals surface area contributed by atoms with E-state index >= 15 is 0 Å². The summed E-state index contributed by atoms with van der Waals surface area (Å²) in [6, 6.07) is 11.5. The van der Waals surface area contributed by atoms with Crippen LogP contribution in [0.15, 0.2) is 42.6 Å². The van der Waals surface area contributed by atoms with Crippen LogP contribution >= 0.6 is 0 Å². The van der Waals surface area contributed by atoms with Gasteiger partial charge in [0.2, 0.25) is 0 Å². The average molecular weight is 243 g/mol. The Labute approximate surface area is 107 Å². The molecule has 94 valence electrons. The van der Waals surface area contributed by atoms with E-state index in [9.17, 15) is 0 Å². The Balaban J connectivity index is 2.20. The number of para-hydroxylation sites is 2. The molecule has 0 saturated heterocycles. The summed E-state index contributed by atoms with van der Waals surface area (Å²) >= 11 is 0. The summed E-state index contributed by atoms with van der Waals surface area (Å²) in [4.78, 5) is 4.04. The number of ether oxygens (including phenoxy) is 1. The van der Waals surface area contributed by atoms with Crippen molar-refractivity contribution in [2.45, 2.75) is 20.0 Å². The third kappa shape index (κ3) is 3.13. The Morgan fingerprint density at radius 3 is 2.61 bits per heavy atom. The minimum absolute atomic E-state index is 0.137. The van der Waals surface area contributed by atoms with E-state index in [1.54, 1.807) is 12.3 Å². The van der Waals surface area contributed by atoms with E-state index in [1.165, 1.54) is 0 Å². The van der Waals surface area contributed by atoms with Crippen molar-refractivity contribution >= 4 is 17.2 Å². The van der Waals surface area contributed by atoms with Crippen LogP contribution in [0.3, 0.4) is 0 Å². The molecule has 0 saturated carbocycles. The van der Waals surface area contributed by atoms with Crippen LogP contribution in [0.2, 0.25) is 0 Å². The smallest absolute Gasteiger partial charge is 0.143 e. The van der Waals surface area contributed by atoms with Gasteiger partial charge in [-0.2, -0.15) is 0 Å². The van der Waals surface area contributed by atoms with Crippen LogP contribution in [-0.4, -0.2) is 11.1 Å². The van der Waals surface area contributed by atoms with Crippen molar-refractivity contribution < 1.29 is 4.74 Å². The number of anilines is 3. The van der Waals surface area contributed by atoms with Crippen LogP contribution in [0.25, 0.3) is 0 Å². The van der Waals surface area contributed by atoms with E-state index in [4.69, 9.17) is 10.5 Å². The standard InChI is InChI=1S/C14H17N3O/c1-10(2)18-13-6-4-3-5-12(13)17-11-7-8-14(15)16-9-11/h3-10,17H,1-2H3,(H2,15,16). The number of rotatable bonds is 4. The topological polar surface area (TPSA) is 60.2 Å². The SMILES string of the molecule is CC(C)Oc1ccccc1Nc1ccc(N)nc1. The fraction of sp³-hybridized carbons (Fsp3) is 0.214. The summed E-state index contributed by atoms with van der Waals surface area (Å²) in [6.07, 6.45) is 1.83. The number of hydrogen-bond acceptors (Lipinski definition) is 4. The Hall–Kier alpha value is -2.23. The lowest BCUT2D eigenvalue weighted by molar-refractivity contribution is 0.244. The monoisotopic (exact) mass is 243 g/mol. The lowest BCUT2D eigenvalue weighted by Gasteiger charge is -2.15. The van der Waals surface area contributed by atoms with E-state index in [-0.39, 0.29) is 6.10 Å². The highest BCUT2D eigenvalue weighted by Crippen LogP contribution is 2.28. The van der Waals surface area contributed by atoms with E-state index in [0.717, 1.165) is 17.1 Å². The first-order chi connectivity index (χ1) is 8.65. The fourth-order valence-electron chi connectivity index (χ4n) is 1.56. The normalized spacial score (nSPS) is 10.4. The number of aromatic nitrogens is 1. The van der Waals surface area contributed by atoms with Gasteiger partial charge in [0.1, 0.15) is 11.6 Å². The van der Waals surface area contributed by atoms with Gasteiger partial charge >= 0.3 is 0 Å². The van der Waals surface area contributed by atoms with Gasteiger partial charge in [-0.05, 0) is 38.1 Å². The first-order valence-corrected chi connectivity index (χ1v) is 5.89. The number of nitrogens with one attached hydrogen (secondary N) is 1. The zero-order valence-corrected chi connectivity index (χ0v) is 10.6. The predicted octanol–water partition coefficient (Wildman–Crippen LogP) is 3.19. The molecule has 0 spiro atoms. The molecule has 0 fully saturated rings. The highest BCUT2D eigenvalue weighted by Gasteiger charge is 2.05. The number of nitrogens with zero attached hydrogens (tertiary/aromatic N) is 1. The van der Waals surface area contributed by atoms with Crippen LogP contribution in [0.5, 0.6) is 5.75 Å². The lowest BCUT2D eigenvalue weighted by Crippen LogP contribution is -2.07. The number of nitrogens with two attached hydrogens (primary N) is 1. The Bertz CT molecular complexity index is 509. The molecule has 4 nitrogen and oxygen atoms in total. The minimum Gasteiger partial charge on any atom is -0.489 e. The van der Waals surface area contributed by atoms with Gasteiger partial charge in [0.25, 0.3) is 0 Å². The third-order valence-electron chi connectivity index (χ3n) is 2.32. The molecule has 1 heterocycles. The third-order valence-corrected chi connectivity index (χ3v) is 2.32. The summed E-state index contributed by atoms with van der Waals surface area (Å²) in [5.41, 5.74) is 7.35. The molecule has 3 N–H and O–H groups in total. The fourth-order valence-corrected chi connectivity index (χ4v) is 1.56. The average Bonchev–Trinajstić information content (AvgIpc) is 2.34. The van der Waals surface area contributed by atoms with E-state index in [2.05, 4.69) is 10.3 Å². The molecule has 1 aromatic heterocycles. The van der Waals surface area contributed by atoms with E-state index in [1.807, 2.05) is 44.2 Å². The second-order valence-electron chi connectivity index (χ2n) is 4.26. The molecule has 0 bridgehead atoms. The highest BCUT2D eigenvalue weighted by atomic mass is 16.5. The Morgan fingerprint density at radius 1 is 1.17 bits per heavy atom. The Morgan fingerprint density at radius 2 is 1.94 bits per heavy atom. The first kappa shape index (κ1) is 12.2. The van der Waals surface area contributed by atoms with Crippen LogP contribution in [-0.2, 0) is 0 Å². The summed E-state index contributed by atoms with van der Waals surface area (Å²) in [6.45, 7) is 4.00. The second kappa shape index (κ2) is 5.40. The molecular weight excluding hydrogens is 226 g/mol. The van der Waals surface area contributed by atoms with Crippen molar-refractivity contribution in [1.82, 2.24) is 4.98 Å². The predicted molar refractivity (Wildman–Crippen MR) is 74.1 cm³/mol. The number of nitrogen functional groups attached to an aromatic ring is 1. The summed E-state index contributed by atoms with van der Waals surface area (Å²) in [7, 11) is 0. The molecule has 0 aliphatic carbocycles. The summed E-state index contributed by atoms with van der Waals surface area (Å²) in [5, 5.41) is 3.26. The molecule has 0 aliphatic heterocycles. The van der Waals surface area contributed by atoms with Crippen LogP contribution in [0.1, 0.15) is 13.8 Å². The van der Waals surface area contributed by atoms with Crippen molar-refractivity contribution in [3.63, 3.8) is 0 Å². The minimum atomic E-state index is 0.137. The molecule has 0 amide bonds. The quantitative estimate of drug-likeness (QED) is 0.865. The van der Waals surface area contributed by atoms with Gasteiger partial charge in [-0.1, -0.05) is 12.1 Å². The van der Waals surface area contributed by atoms with E-state index < -0.39 is 0 Å². The van der Waals surface area contributed by atoms with Gasteiger partial charge in [-0.25, -0.2) is 4.98 Å². The number of pyridine rings is 1. The maximum Gasteiger partial charge on any atom is 0.143 e. The lowest BCUT2D eigenvalue weighted by atomic mass is 10.2. The molecule has 0 unspecified atom stereocenters. The zero-order valence-electron chi connectivity index (χ0n) is 10.6. The van der Waals surface area contributed by atoms with Crippen LogP contribution in [0.4, 0.5) is 17.2 Å². The molecule has 2 rings (SSSR count). The van der Waals surface area contributed by atoms with Gasteiger partial charge in [0.05, 0.1) is 23.7 Å². The second-order valence-corrected chi connectivity index (χ2v) is 4.26.